The molecule has 0 amide bonds. The van der Waals surface area contributed by atoms with Crippen molar-refractivity contribution < 1.29 is 0 Å². The van der Waals surface area contributed by atoms with Crippen LogP contribution in [0.2, 0.25) is 0 Å². The van der Waals surface area contributed by atoms with Gasteiger partial charge in [-0.2, -0.15) is 0 Å². The summed E-state index contributed by atoms with van der Waals surface area (Å²) < 4.78 is 1.44. The van der Waals surface area contributed by atoms with Gasteiger partial charge in [-0.15, -0.1) is 0 Å². The quantitative estimate of drug-likeness (QED) is 0.567. The number of hydrogen-bond acceptors (Lipinski definition) is 2. The fourth-order valence-electron chi connectivity index (χ4n) is 0.832. The average molecular weight is 141 g/mol. The van der Waals surface area contributed by atoms with Gasteiger partial charge in [0.25, 0.3) is 5.56 Å². The molecule has 0 aliphatic rings. The van der Waals surface area contributed by atoms with E-state index in [9.17, 15) is 4.79 Å². The highest BCUT2D eigenvalue weighted by atomic mass is 16.1. The summed E-state index contributed by atoms with van der Waals surface area (Å²) in [6.07, 6.45) is 0.732. The van der Waals surface area contributed by atoms with Crippen LogP contribution in [0.15, 0.2) is 10.9 Å². The minimum atomic E-state index is -0.0107. The lowest BCUT2D eigenvalue weighted by molar-refractivity contribution is 0.718. The second kappa shape index (κ2) is 2.70. The van der Waals surface area contributed by atoms with Crippen LogP contribution in [0.25, 0.3) is 0 Å². The second-order valence-corrected chi connectivity index (χ2v) is 2.22. The Morgan fingerprint density at radius 3 is 2.90 bits per heavy atom. The molecule has 0 spiro atoms. The van der Waals surface area contributed by atoms with Crippen molar-refractivity contribution in [1.29, 1.82) is 0 Å². The molecule has 1 aromatic rings. The summed E-state index contributed by atoms with van der Waals surface area (Å²) in [4.78, 5) is 10.8. The Labute approximate surface area is 58.6 Å². The first kappa shape index (κ1) is 7.08. The van der Waals surface area contributed by atoms with E-state index in [-0.39, 0.29) is 5.56 Å². The summed E-state index contributed by atoms with van der Waals surface area (Å²) in [6.45, 7) is 0.569. The lowest BCUT2D eigenvalue weighted by Crippen LogP contribution is -2.09. The average Bonchev–Trinajstić information content (AvgIpc) is 2.14. The predicted molar refractivity (Wildman–Crippen MR) is 38.8 cm³/mol. The van der Waals surface area contributed by atoms with E-state index in [1.807, 2.05) is 0 Å². The zero-order valence-electron chi connectivity index (χ0n) is 5.92. The van der Waals surface area contributed by atoms with Crippen LogP contribution >= 0.6 is 0 Å². The molecule has 0 saturated heterocycles. The summed E-state index contributed by atoms with van der Waals surface area (Å²) in [5.41, 5.74) is 6.18. The van der Waals surface area contributed by atoms with E-state index in [0.717, 1.165) is 12.1 Å². The van der Waals surface area contributed by atoms with Crippen LogP contribution in [0, 0.1) is 0 Å². The highest BCUT2D eigenvalue weighted by Crippen LogP contribution is 1.87. The molecular formula is C6H11N3O. The normalized spacial score (nSPS) is 10.2. The number of nitrogens with zero attached hydrogens (tertiary/aromatic N) is 1. The van der Waals surface area contributed by atoms with Gasteiger partial charge in [-0.25, -0.2) is 0 Å². The predicted octanol–water partition coefficient (Wildman–Crippen LogP) is -0.785. The molecule has 10 heavy (non-hydrogen) atoms. The van der Waals surface area contributed by atoms with Crippen molar-refractivity contribution in [3.63, 3.8) is 0 Å². The fourth-order valence-corrected chi connectivity index (χ4v) is 0.832. The van der Waals surface area contributed by atoms with Crippen molar-refractivity contribution in [2.24, 2.45) is 12.8 Å². The van der Waals surface area contributed by atoms with Crippen molar-refractivity contribution in [1.82, 2.24) is 9.78 Å². The van der Waals surface area contributed by atoms with E-state index in [1.54, 1.807) is 13.1 Å². The number of aromatic amines is 1. The maximum atomic E-state index is 10.8. The largest absolute Gasteiger partial charge is 0.330 e. The Bertz CT molecular complexity index is 260. The van der Waals surface area contributed by atoms with Gasteiger partial charge in [0.2, 0.25) is 0 Å². The van der Waals surface area contributed by atoms with Crippen molar-refractivity contribution in [3.05, 3.63) is 22.1 Å². The van der Waals surface area contributed by atoms with Gasteiger partial charge >= 0.3 is 0 Å². The van der Waals surface area contributed by atoms with E-state index in [0.29, 0.717) is 6.54 Å². The molecule has 3 N–H and O–H groups in total. The van der Waals surface area contributed by atoms with Gasteiger partial charge in [-0.1, -0.05) is 0 Å². The Morgan fingerprint density at radius 1 is 1.80 bits per heavy atom. The number of nitrogens with two attached hydrogens (primary N) is 1. The molecule has 1 rings (SSSR count). The maximum Gasteiger partial charge on any atom is 0.266 e. The summed E-state index contributed by atoms with van der Waals surface area (Å²) in [5.74, 6) is 0. The summed E-state index contributed by atoms with van der Waals surface area (Å²) in [7, 11) is 1.68. The van der Waals surface area contributed by atoms with Crippen LogP contribution in [0.4, 0.5) is 0 Å². The number of rotatable bonds is 2. The maximum absolute atomic E-state index is 10.8. The highest BCUT2D eigenvalue weighted by Gasteiger charge is 1.96. The van der Waals surface area contributed by atoms with Gasteiger partial charge < -0.3 is 5.73 Å². The van der Waals surface area contributed by atoms with E-state index >= 15 is 0 Å². The van der Waals surface area contributed by atoms with Crippen molar-refractivity contribution in [3.8, 4) is 0 Å². The minimum absolute atomic E-state index is 0.0107. The summed E-state index contributed by atoms with van der Waals surface area (Å²) >= 11 is 0. The molecule has 1 heterocycles. The molecule has 4 heteroatoms. The standard InChI is InChI=1S/C6H11N3O/c1-9-6(10)4-5(8-9)2-3-7/h4,8H,2-3,7H2,1H3. The first-order chi connectivity index (χ1) is 4.74. The van der Waals surface area contributed by atoms with Crippen LogP contribution in [-0.4, -0.2) is 16.3 Å². The minimum Gasteiger partial charge on any atom is -0.330 e. The van der Waals surface area contributed by atoms with Gasteiger partial charge in [-0.05, 0) is 6.54 Å². The van der Waals surface area contributed by atoms with E-state index in [1.165, 1.54) is 4.68 Å². The third kappa shape index (κ3) is 1.27. The topological polar surface area (TPSA) is 63.8 Å². The van der Waals surface area contributed by atoms with Crippen molar-refractivity contribution >= 4 is 0 Å². The third-order valence-corrected chi connectivity index (χ3v) is 1.35. The van der Waals surface area contributed by atoms with Crippen molar-refractivity contribution in [2.75, 3.05) is 6.54 Å². The first-order valence-electron chi connectivity index (χ1n) is 3.19. The first-order valence-corrected chi connectivity index (χ1v) is 3.19. The van der Waals surface area contributed by atoms with Gasteiger partial charge in [0.05, 0.1) is 0 Å². The molecule has 0 radical (unpaired) electrons. The van der Waals surface area contributed by atoms with Gasteiger partial charge in [0.1, 0.15) is 0 Å². The molecule has 0 aliphatic heterocycles. The lowest BCUT2D eigenvalue weighted by Gasteiger charge is -1.90. The Kier molecular flexibility index (Phi) is 1.91. The monoisotopic (exact) mass is 141 g/mol. The highest BCUT2D eigenvalue weighted by molar-refractivity contribution is 4.99. The lowest BCUT2D eigenvalue weighted by atomic mass is 10.3. The molecule has 0 atom stereocenters. The smallest absolute Gasteiger partial charge is 0.266 e. The molecule has 56 valence electrons. The third-order valence-electron chi connectivity index (χ3n) is 1.35. The zero-order valence-corrected chi connectivity index (χ0v) is 5.92. The number of hydrogen-bond donors (Lipinski definition) is 2. The van der Waals surface area contributed by atoms with Crippen LogP contribution in [-0.2, 0) is 13.5 Å². The molecule has 0 bridgehead atoms. The molecular weight excluding hydrogens is 130 g/mol. The number of H-pyrrole nitrogens is 1. The number of aryl methyl sites for hydroxylation is 1. The van der Waals surface area contributed by atoms with Crippen molar-refractivity contribution in [2.45, 2.75) is 6.42 Å². The van der Waals surface area contributed by atoms with Gasteiger partial charge in [0.15, 0.2) is 0 Å². The summed E-state index contributed by atoms with van der Waals surface area (Å²) in [5, 5.41) is 2.87. The zero-order chi connectivity index (χ0) is 7.56. The van der Waals surface area contributed by atoms with Gasteiger partial charge in [-0.3, -0.25) is 14.6 Å². The van der Waals surface area contributed by atoms with Crippen LogP contribution in [0.3, 0.4) is 0 Å². The molecule has 0 aromatic carbocycles. The Morgan fingerprint density at radius 2 is 2.50 bits per heavy atom. The molecule has 0 fully saturated rings. The van der Waals surface area contributed by atoms with Gasteiger partial charge in [0, 0.05) is 25.2 Å². The Hall–Kier alpha value is -1.03. The van der Waals surface area contributed by atoms with Crippen LogP contribution < -0.4 is 11.3 Å². The van der Waals surface area contributed by atoms with E-state index in [2.05, 4.69) is 5.10 Å². The molecule has 0 unspecified atom stereocenters. The van der Waals surface area contributed by atoms with E-state index < -0.39 is 0 Å². The molecule has 1 aromatic heterocycles. The fraction of sp³-hybridized carbons (Fsp3) is 0.500. The van der Waals surface area contributed by atoms with E-state index in [4.69, 9.17) is 5.73 Å². The number of aromatic nitrogens is 2. The summed E-state index contributed by atoms with van der Waals surface area (Å²) in [6, 6.07) is 1.56. The van der Waals surface area contributed by atoms with Crippen LogP contribution in [0.5, 0.6) is 0 Å². The molecule has 0 aliphatic carbocycles. The second-order valence-electron chi connectivity index (χ2n) is 2.22. The van der Waals surface area contributed by atoms with Crippen LogP contribution in [0.1, 0.15) is 5.69 Å². The number of nitrogens with one attached hydrogen (secondary N) is 1. The SMILES string of the molecule is Cn1[nH]c(CCN)cc1=O. The molecule has 0 saturated carbocycles. The molecule has 4 nitrogen and oxygen atoms in total. The Balaban J connectivity index is 2.88.